The van der Waals surface area contributed by atoms with Crippen molar-refractivity contribution in [1.29, 1.82) is 0 Å². The van der Waals surface area contributed by atoms with E-state index >= 15 is 0 Å². The second-order valence-electron chi connectivity index (χ2n) is 6.41. The molecule has 0 aliphatic carbocycles. The molecule has 5 heteroatoms. The van der Waals surface area contributed by atoms with Crippen LogP contribution < -0.4 is 4.74 Å². The van der Waals surface area contributed by atoms with E-state index in [0.717, 1.165) is 28.9 Å². The predicted octanol–water partition coefficient (Wildman–Crippen LogP) is 3.59. The molecule has 1 aromatic rings. The Hall–Kier alpha value is -1.33. The number of methoxy groups -OCH3 is 1. The lowest BCUT2D eigenvalue weighted by Crippen LogP contribution is -2.20. The molecular formula is C18H27NO3S. The number of ether oxygens (including phenoxy) is 1. The molecule has 2 rings (SSSR count). The zero-order valence-electron chi connectivity index (χ0n) is 14.9. The number of nitrogens with zero attached hydrogens (tertiary/aromatic N) is 1. The molecule has 1 unspecified atom stereocenters. The van der Waals surface area contributed by atoms with Crippen molar-refractivity contribution in [1.82, 2.24) is 4.31 Å². The smallest absolute Gasteiger partial charge is 0.244 e. The third-order valence-corrected chi connectivity index (χ3v) is 7.24. The molecule has 4 nitrogen and oxygen atoms in total. The van der Waals surface area contributed by atoms with Gasteiger partial charge < -0.3 is 4.74 Å². The fourth-order valence-corrected chi connectivity index (χ4v) is 5.72. The van der Waals surface area contributed by atoms with Crippen LogP contribution in [0, 0.1) is 26.7 Å². The highest BCUT2D eigenvalue weighted by molar-refractivity contribution is 7.89. The summed E-state index contributed by atoms with van der Waals surface area (Å²) in [5.41, 5.74) is 2.36. The Balaban J connectivity index is 2.54. The molecular weight excluding hydrogens is 310 g/mol. The molecule has 128 valence electrons. The van der Waals surface area contributed by atoms with Crippen molar-refractivity contribution in [2.24, 2.45) is 5.92 Å². The Bertz CT molecular complexity index is 724. The van der Waals surface area contributed by atoms with Gasteiger partial charge in [0.15, 0.2) is 0 Å². The molecule has 0 amide bonds. The van der Waals surface area contributed by atoms with Gasteiger partial charge in [-0.25, -0.2) is 8.42 Å². The first kappa shape index (κ1) is 18.0. The molecule has 0 spiro atoms. The first-order valence-electron chi connectivity index (χ1n) is 8.03. The van der Waals surface area contributed by atoms with Crippen LogP contribution in [-0.2, 0) is 10.0 Å². The molecule has 1 aliphatic heterocycles. The summed E-state index contributed by atoms with van der Waals surface area (Å²) in [6, 6.07) is 1.72. The normalized spacial score (nSPS) is 25.0. The second kappa shape index (κ2) is 6.29. The number of hydrogen-bond acceptors (Lipinski definition) is 3. The number of benzene rings is 1. The van der Waals surface area contributed by atoms with Crippen molar-refractivity contribution < 1.29 is 13.2 Å². The monoisotopic (exact) mass is 337 g/mol. The highest BCUT2D eigenvalue weighted by Crippen LogP contribution is 2.44. The highest BCUT2D eigenvalue weighted by atomic mass is 32.2. The van der Waals surface area contributed by atoms with Crippen LogP contribution in [-0.4, -0.2) is 31.9 Å². The van der Waals surface area contributed by atoms with Crippen LogP contribution >= 0.6 is 0 Å². The lowest BCUT2D eigenvalue weighted by Gasteiger charge is -2.17. The van der Waals surface area contributed by atoms with E-state index in [1.807, 2.05) is 20.8 Å². The molecule has 0 N–H and O–H groups in total. The molecule has 1 fully saturated rings. The van der Waals surface area contributed by atoms with Crippen molar-refractivity contribution >= 4 is 10.0 Å². The Labute approximate surface area is 140 Å². The number of sulfonamides is 1. The summed E-state index contributed by atoms with van der Waals surface area (Å²) in [6.07, 6.45) is 2.69. The van der Waals surface area contributed by atoms with Gasteiger partial charge in [0.1, 0.15) is 5.75 Å². The van der Waals surface area contributed by atoms with E-state index in [1.54, 1.807) is 23.6 Å². The molecule has 4 atom stereocenters. The van der Waals surface area contributed by atoms with Gasteiger partial charge in [-0.05, 0) is 49.4 Å². The molecule has 0 radical (unpaired) electrons. The largest absolute Gasteiger partial charge is 0.496 e. The zero-order valence-corrected chi connectivity index (χ0v) is 15.7. The van der Waals surface area contributed by atoms with Gasteiger partial charge in [0.2, 0.25) is 10.0 Å². The van der Waals surface area contributed by atoms with Crippen LogP contribution in [0.2, 0.25) is 0 Å². The fourth-order valence-electron chi connectivity index (χ4n) is 3.37. The van der Waals surface area contributed by atoms with Gasteiger partial charge in [0, 0.05) is 6.04 Å². The van der Waals surface area contributed by atoms with Gasteiger partial charge in [-0.2, -0.15) is 4.31 Å². The van der Waals surface area contributed by atoms with E-state index in [2.05, 4.69) is 20.4 Å². The first-order chi connectivity index (χ1) is 10.7. The quantitative estimate of drug-likeness (QED) is 0.589. The van der Waals surface area contributed by atoms with Crippen LogP contribution in [0.5, 0.6) is 5.75 Å². The van der Waals surface area contributed by atoms with Gasteiger partial charge in [-0.1, -0.05) is 26.3 Å². The van der Waals surface area contributed by atoms with Crippen LogP contribution in [0.25, 0.3) is 0 Å². The van der Waals surface area contributed by atoms with Crippen LogP contribution in [0.15, 0.2) is 23.6 Å². The Morgan fingerprint density at radius 2 is 1.96 bits per heavy atom. The van der Waals surface area contributed by atoms with E-state index in [9.17, 15) is 8.42 Å². The van der Waals surface area contributed by atoms with E-state index in [0.29, 0.717) is 10.8 Å². The summed E-state index contributed by atoms with van der Waals surface area (Å²) in [6.45, 7) is 13.6. The maximum atomic E-state index is 13.2. The highest BCUT2D eigenvalue weighted by Gasteiger charge is 2.56. The summed E-state index contributed by atoms with van der Waals surface area (Å²) in [4.78, 5) is 0.411. The number of hydrogen-bond donors (Lipinski definition) is 0. The topological polar surface area (TPSA) is 46.4 Å². The summed E-state index contributed by atoms with van der Waals surface area (Å²) in [7, 11) is -1.93. The molecule has 1 heterocycles. The lowest BCUT2D eigenvalue weighted by atomic mass is 10.0. The Morgan fingerprint density at radius 1 is 1.35 bits per heavy atom. The van der Waals surface area contributed by atoms with Crippen LogP contribution in [0.3, 0.4) is 0 Å². The molecule has 23 heavy (non-hydrogen) atoms. The summed E-state index contributed by atoms with van der Waals surface area (Å²) < 4.78 is 33.4. The van der Waals surface area contributed by atoms with Crippen LogP contribution in [0.1, 0.15) is 37.0 Å². The van der Waals surface area contributed by atoms with E-state index in [-0.39, 0.29) is 12.1 Å². The van der Waals surface area contributed by atoms with E-state index in [4.69, 9.17) is 4.74 Å². The average molecular weight is 337 g/mol. The molecule has 1 aliphatic rings. The van der Waals surface area contributed by atoms with Crippen LogP contribution in [0.4, 0.5) is 0 Å². The molecule has 1 aromatic carbocycles. The third-order valence-electron chi connectivity index (χ3n) is 5.05. The molecule has 0 aromatic heterocycles. The SMILES string of the molecule is C=C[C@H]1[C@H]([C@@H](C)CC)N1S(=O)(=O)c1c(C)cc(OC)c(C)c1C. The summed E-state index contributed by atoms with van der Waals surface area (Å²) >= 11 is 0. The maximum absolute atomic E-state index is 13.2. The Kier molecular flexibility index (Phi) is 4.92. The van der Waals surface area contributed by atoms with Gasteiger partial charge in [0.05, 0.1) is 18.0 Å². The van der Waals surface area contributed by atoms with Crippen molar-refractivity contribution in [3.05, 3.63) is 35.4 Å². The van der Waals surface area contributed by atoms with Gasteiger partial charge in [-0.3, -0.25) is 0 Å². The van der Waals surface area contributed by atoms with Crippen molar-refractivity contribution in [2.45, 2.75) is 58.0 Å². The van der Waals surface area contributed by atoms with Gasteiger partial charge >= 0.3 is 0 Å². The maximum Gasteiger partial charge on any atom is 0.244 e. The average Bonchev–Trinajstić information content (AvgIpc) is 3.25. The minimum Gasteiger partial charge on any atom is -0.496 e. The summed E-state index contributed by atoms with van der Waals surface area (Å²) in [5, 5.41) is 0. The lowest BCUT2D eigenvalue weighted by molar-refractivity contribution is 0.410. The zero-order chi connectivity index (χ0) is 17.5. The molecule has 0 bridgehead atoms. The van der Waals surface area contributed by atoms with E-state index in [1.165, 1.54) is 0 Å². The van der Waals surface area contributed by atoms with Gasteiger partial charge in [0.25, 0.3) is 0 Å². The number of rotatable bonds is 6. The van der Waals surface area contributed by atoms with Crippen molar-refractivity contribution in [3.8, 4) is 5.75 Å². The predicted molar refractivity (Wildman–Crippen MR) is 93.5 cm³/mol. The summed E-state index contributed by atoms with van der Waals surface area (Å²) in [5.74, 6) is 1.04. The second-order valence-corrected chi connectivity index (χ2v) is 8.19. The fraction of sp³-hybridized carbons (Fsp3) is 0.556. The minimum atomic E-state index is -3.53. The van der Waals surface area contributed by atoms with Crippen molar-refractivity contribution in [3.63, 3.8) is 0 Å². The molecule has 0 saturated carbocycles. The third kappa shape index (κ3) is 2.81. The Morgan fingerprint density at radius 3 is 2.43 bits per heavy atom. The first-order valence-corrected chi connectivity index (χ1v) is 9.47. The van der Waals surface area contributed by atoms with E-state index < -0.39 is 10.0 Å². The molecule has 1 saturated heterocycles. The standard InChI is InChI=1S/C18H27NO3S/c1-8-11(3)17-15(9-2)19(17)23(20,21)18-12(4)10-16(22-7)13(5)14(18)6/h9-11,15,17H,2,8H2,1,3-7H3/t11-,15-,17-,19?/m0/s1. The van der Waals surface area contributed by atoms with Gasteiger partial charge in [-0.15, -0.1) is 6.58 Å². The minimum absolute atomic E-state index is 0.0173. The van der Waals surface area contributed by atoms with Crippen molar-refractivity contribution in [2.75, 3.05) is 7.11 Å². The number of aryl methyl sites for hydroxylation is 1.